The van der Waals surface area contributed by atoms with Gasteiger partial charge in [-0.1, -0.05) is 29.3 Å². The Bertz CT molecular complexity index is 600. The average molecular weight is 301 g/mol. The molecule has 2 aromatic rings. The Hall–Kier alpha value is -1.49. The van der Waals surface area contributed by atoms with Crippen LogP contribution in [0.2, 0.25) is 10.0 Å². The van der Waals surface area contributed by atoms with Crippen LogP contribution in [0.5, 0.6) is 11.5 Å². The summed E-state index contributed by atoms with van der Waals surface area (Å²) < 4.78 is 19.5. The third kappa shape index (κ3) is 3.10. The van der Waals surface area contributed by atoms with Gasteiger partial charge in [0.05, 0.1) is 5.02 Å². The molecule has 0 aliphatic heterocycles. The summed E-state index contributed by atoms with van der Waals surface area (Å²) in [7, 11) is 0. The molecule has 0 spiro atoms. The van der Waals surface area contributed by atoms with E-state index >= 15 is 0 Å². The highest BCUT2D eigenvalue weighted by Crippen LogP contribution is 2.35. The fourth-order valence-electron chi connectivity index (χ4n) is 1.59. The number of nitrogen functional groups attached to an aromatic ring is 1. The highest BCUT2D eigenvalue weighted by atomic mass is 35.5. The molecule has 0 aliphatic rings. The Morgan fingerprint density at radius 1 is 1.16 bits per heavy atom. The van der Waals surface area contributed by atoms with E-state index in [1.807, 2.05) is 0 Å². The molecule has 19 heavy (non-hydrogen) atoms. The van der Waals surface area contributed by atoms with Crippen LogP contribution in [0.15, 0.2) is 30.3 Å². The molecular formula is C13H11Cl2FN2O. The molecule has 0 unspecified atom stereocenters. The predicted octanol–water partition coefficient (Wildman–Crippen LogP) is 3.97. The number of benzene rings is 2. The molecule has 0 amide bonds. The normalized spacial score (nSPS) is 10.5. The monoisotopic (exact) mass is 300 g/mol. The zero-order valence-corrected chi connectivity index (χ0v) is 11.3. The van der Waals surface area contributed by atoms with E-state index in [1.165, 1.54) is 24.3 Å². The lowest BCUT2D eigenvalue weighted by atomic mass is 10.2. The summed E-state index contributed by atoms with van der Waals surface area (Å²) in [4.78, 5) is 0. The Balaban J connectivity index is 2.42. The Morgan fingerprint density at radius 3 is 2.53 bits per heavy atom. The lowest BCUT2D eigenvalue weighted by Gasteiger charge is -2.11. The molecule has 0 heterocycles. The van der Waals surface area contributed by atoms with E-state index in [1.54, 1.807) is 6.07 Å². The standard InChI is InChI=1S/C13H11Cl2FN2O/c14-8-3-9(18)5-10(4-8)19-13-11(15)2-1-7(6-17)12(13)16/h1-5H,6,17-18H2. The van der Waals surface area contributed by atoms with Crippen molar-refractivity contribution < 1.29 is 9.13 Å². The van der Waals surface area contributed by atoms with Crippen molar-refractivity contribution in [3.05, 3.63) is 51.8 Å². The first-order valence-corrected chi connectivity index (χ1v) is 6.17. The van der Waals surface area contributed by atoms with Crippen LogP contribution in [0.4, 0.5) is 10.1 Å². The van der Waals surface area contributed by atoms with Crippen LogP contribution in [0.3, 0.4) is 0 Å². The largest absolute Gasteiger partial charge is 0.453 e. The van der Waals surface area contributed by atoms with Gasteiger partial charge >= 0.3 is 0 Å². The number of ether oxygens (including phenoxy) is 1. The first-order valence-electron chi connectivity index (χ1n) is 5.42. The summed E-state index contributed by atoms with van der Waals surface area (Å²) >= 11 is 11.8. The summed E-state index contributed by atoms with van der Waals surface area (Å²) in [5.41, 5.74) is 11.8. The third-order valence-corrected chi connectivity index (χ3v) is 2.98. The van der Waals surface area contributed by atoms with E-state index in [9.17, 15) is 4.39 Å². The first kappa shape index (κ1) is 13.9. The number of hydrogen-bond donors (Lipinski definition) is 2. The van der Waals surface area contributed by atoms with Crippen molar-refractivity contribution in [3.63, 3.8) is 0 Å². The molecule has 3 nitrogen and oxygen atoms in total. The molecule has 100 valence electrons. The second kappa shape index (κ2) is 5.65. The smallest absolute Gasteiger partial charge is 0.181 e. The Morgan fingerprint density at radius 2 is 1.89 bits per heavy atom. The lowest BCUT2D eigenvalue weighted by molar-refractivity contribution is 0.439. The van der Waals surface area contributed by atoms with Gasteiger partial charge in [-0.2, -0.15) is 0 Å². The molecule has 2 rings (SSSR count). The lowest BCUT2D eigenvalue weighted by Crippen LogP contribution is -2.02. The second-order valence-electron chi connectivity index (χ2n) is 3.88. The molecule has 0 aromatic heterocycles. The number of halogens is 3. The van der Waals surface area contributed by atoms with Gasteiger partial charge in [-0.05, 0) is 18.2 Å². The molecule has 0 aliphatic carbocycles. The van der Waals surface area contributed by atoms with Crippen LogP contribution in [0, 0.1) is 5.82 Å². The van der Waals surface area contributed by atoms with Crippen LogP contribution in [-0.2, 0) is 6.54 Å². The zero-order valence-electron chi connectivity index (χ0n) is 9.79. The van der Waals surface area contributed by atoms with Gasteiger partial charge in [0.2, 0.25) is 0 Å². The Kier molecular flexibility index (Phi) is 4.14. The van der Waals surface area contributed by atoms with Gasteiger partial charge in [-0.15, -0.1) is 0 Å². The maximum absolute atomic E-state index is 14.1. The van der Waals surface area contributed by atoms with Crippen LogP contribution in [0.25, 0.3) is 0 Å². The number of nitrogens with two attached hydrogens (primary N) is 2. The van der Waals surface area contributed by atoms with Gasteiger partial charge in [-0.25, -0.2) is 4.39 Å². The summed E-state index contributed by atoms with van der Waals surface area (Å²) in [6.45, 7) is 0.0526. The molecule has 4 N–H and O–H groups in total. The number of rotatable bonds is 3. The van der Waals surface area contributed by atoms with E-state index in [0.29, 0.717) is 22.0 Å². The van der Waals surface area contributed by atoms with Crippen molar-refractivity contribution in [2.24, 2.45) is 5.73 Å². The summed E-state index contributed by atoms with van der Waals surface area (Å²) in [6, 6.07) is 7.63. The van der Waals surface area contributed by atoms with Gasteiger partial charge in [0.25, 0.3) is 0 Å². The summed E-state index contributed by atoms with van der Waals surface area (Å²) in [5.74, 6) is -0.375. The van der Waals surface area contributed by atoms with Crippen LogP contribution >= 0.6 is 23.2 Å². The number of anilines is 1. The van der Waals surface area contributed by atoms with Crippen molar-refractivity contribution in [1.82, 2.24) is 0 Å². The zero-order chi connectivity index (χ0) is 14.0. The van der Waals surface area contributed by atoms with Crippen molar-refractivity contribution in [2.45, 2.75) is 6.54 Å². The van der Waals surface area contributed by atoms with E-state index in [2.05, 4.69) is 0 Å². The molecule has 0 atom stereocenters. The van der Waals surface area contributed by atoms with Gasteiger partial charge in [0.1, 0.15) is 5.75 Å². The van der Waals surface area contributed by atoms with E-state index < -0.39 is 5.82 Å². The summed E-state index contributed by atoms with van der Waals surface area (Å²) in [5, 5.41) is 0.537. The van der Waals surface area contributed by atoms with Crippen molar-refractivity contribution in [3.8, 4) is 11.5 Å². The van der Waals surface area contributed by atoms with E-state index in [0.717, 1.165) is 0 Å². The van der Waals surface area contributed by atoms with Crippen LogP contribution in [0.1, 0.15) is 5.56 Å². The van der Waals surface area contributed by atoms with Crippen LogP contribution in [-0.4, -0.2) is 0 Å². The topological polar surface area (TPSA) is 61.3 Å². The van der Waals surface area contributed by atoms with Crippen molar-refractivity contribution >= 4 is 28.9 Å². The second-order valence-corrected chi connectivity index (χ2v) is 4.72. The SMILES string of the molecule is NCc1ccc(Cl)c(Oc2cc(N)cc(Cl)c2)c1F. The van der Waals surface area contributed by atoms with Crippen LogP contribution < -0.4 is 16.2 Å². The van der Waals surface area contributed by atoms with Crippen molar-refractivity contribution in [1.29, 1.82) is 0 Å². The fraction of sp³-hybridized carbons (Fsp3) is 0.0769. The predicted molar refractivity (Wildman–Crippen MR) is 75.2 cm³/mol. The number of hydrogen-bond acceptors (Lipinski definition) is 3. The highest BCUT2D eigenvalue weighted by molar-refractivity contribution is 6.32. The first-order chi connectivity index (χ1) is 9.01. The minimum atomic E-state index is -0.589. The maximum atomic E-state index is 14.1. The van der Waals surface area contributed by atoms with E-state index in [-0.39, 0.29) is 17.3 Å². The molecule has 0 radical (unpaired) electrons. The fourth-order valence-corrected chi connectivity index (χ4v) is 2.00. The molecule has 0 fully saturated rings. The molecule has 0 saturated carbocycles. The molecule has 0 saturated heterocycles. The van der Waals surface area contributed by atoms with Crippen molar-refractivity contribution in [2.75, 3.05) is 5.73 Å². The molecule has 6 heteroatoms. The van der Waals surface area contributed by atoms with Gasteiger partial charge in [0, 0.05) is 28.9 Å². The third-order valence-electron chi connectivity index (χ3n) is 2.46. The van der Waals surface area contributed by atoms with E-state index in [4.69, 9.17) is 39.4 Å². The average Bonchev–Trinajstić information content (AvgIpc) is 2.33. The minimum Gasteiger partial charge on any atom is -0.453 e. The summed E-state index contributed by atoms with van der Waals surface area (Å²) in [6.07, 6.45) is 0. The van der Waals surface area contributed by atoms with Gasteiger partial charge in [0.15, 0.2) is 11.6 Å². The highest BCUT2D eigenvalue weighted by Gasteiger charge is 2.14. The minimum absolute atomic E-state index is 0.0526. The maximum Gasteiger partial charge on any atom is 0.181 e. The molecule has 0 bridgehead atoms. The molecule has 2 aromatic carbocycles. The molecular weight excluding hydrogens is 290 g/mol. The van der Waals surface area contributed by atoms with Gasteiger partial charge < -0.3 is 16.2 Å². The quantitative estimate of drug-likeness (QED) is 0.843. The Labute approximate surface area is 119 Å². The van der Waals surface area contributed by atoms with Gasteiger partial charge in [-0.3, -0.25) is 0 Å².